The lowest BCUT2D eigenvalue weighted by atomic mass is 10.4. The zero-order valence-electron chi connectivity index (χ0n) is 9.38. The molecule has 16 heavy (non-hydrogen) atoms. The highest BCUT2D eigenvalue weighted by Gasteiger charge is 2.32. The molecule has 0 bridgehead atoms. The number of rotatable bonds is 5. The second-order valence-corrected chi connectivity index (χ2v) is 8.00. The molecule has 1 aliphatic rings. The van der Waals surface area contributed by atoms with Crippen LogP contribution in [-0.4, -0.2) is 17.5 Å². The predicted octanol–water partition coefficient (Wildman–Crippen LogP) is 4.55. The summed E-state index contributed by atoms with van der Waals surface area (Å²) in [6.07, 6.45) is 0. The molecule has 0 spiro atoms. The van der Waals surface area contributed by atoms with E-state index in [0.717, 1.165) is 13.2 Å². The molecule has 2 nitrogen and oxygen atoms in total. The summed E-state index contributed by atoms with van der Waals surface area (Å²) in [6.45, 7) is 5.48. The molecule has 1 aliphatic heterocycles. The molecule has 0 aliphatic carbocycles. The third-order valence-electron chi connectivity index (χ3n) is 1.99. The van der Waals surface area contributed by atoms with Crippen molar-refractivity contribution < 1.29 is 9.05 Å². The lowest BCUT2D eigenvalue weighted by Gasteiger charge is -2.20. The van der Waals surface area contributed by atoms with Gasteiger partial charge in [-0.15, -0.1) is 23.5 Å². The molecule has 0 unspecified atom stereocenters. The van der Waals surface area contributed by atoms with Gasteiger partial charge in [-0.05, 0) is 26.0 Å². The fourth-order valence-corrected chi connectivity index (χ4v) is 6.53. The Morgan fingerprint density at radius 2 is 1.56 bits per heavy atom. The van der Waals surface area contributed by atoms with E-state index in [2.05, 4.69) is 24.3 Å². The van der Waals surface area contributed by atoms with Crippen LogP contribution in [0.5, 0.6) is 0 Å². The highest BCUT2D eigenvalue weighted by atomic mass is 32.2. The van der Waals surface area contributed by atoms with Crippen molar-refractivity contribution in [2.45, 2.75) is 28.0 Å². The van der Waals surface area contributed by atoms with Gasteiger partial charge >= 0.3 is 0 Å². The minimum absolute atomic E-state index is 0.382. The maximum Gasteiger partial charge on any atom is 0.196 e. The number of fused-ring (bicyclic) bond motifs is 1. The number of thioether (sulfide) groups is 2. The van der Waals surface area contributed by atoms with Crippen molar-refractivity contribution in [3.63, 3.8) is 0 Å². The minimum atomic E-state index is -0.782. The van der Waals surface area contributed by atoms with Gasteiger partial charge in [-0.25, -0.2) is 0 Å². The van der Waals surface area contributed by atoms with E-state index >= 15 is 0 Å². The van der Waals surface area contributed by atoms with Gasteiger partial charge in [-0.1, -0.05) is 12.1 Å². The third-order valence-corrected chi connectivity index (χ3v) is 7.35. The van der Waals surface area contributed by atoms with Crippen molar-refractivity contribution in [1.29, 1.82) is 0 Å². The first-order valence-corrected chi connectivity index (χ1v) is 8.33. The minimum Gasteiger partial charge on any atom is -0.333 e. The smallest absolute Gasteiger partial charge is 0.196 e. The summed E-state index contributed by atoms with van der Waals surface area (Å²) in [4.78, 5) is 2.70. The normalized spacial score (nSPS) is 15.7. The summed E-state index contributed by atoms with van der Waals surface area (Å²) in [6, 6.07) is 8.49. The van der Waals surface area contributed by atoms with E-state index in [1.165, 1.54) is 9.79 Å². The first kappa shape index (κ1) is 12.7. The van der Waals surface area contributed by atoms with E-state index in [4.69, 9.17) is 9.05 Å². The van der Waals surface area contributed by atoms with Crippen LogP contribution in [0, 0.1) is 0 Å². The molecule has 0 amide bonds. The molecule has 0 saturated carbocycles. The first-order chi connectivity index (χ1) is 7.85. The van der Waals surface area contributed by atoms with E-state index in [1.807, 2.05) is 37.4 Å². The lowest BCUT2D eigenvalue weighted by molar-refractivity contribution is 0.271. The van der Waals surface area contributed by atoms with Crippen molar-refractivity contribution in [3.8, 4) is 0 Å². The maximum atomic E-state index is 5.70. The quantitative estimate of drug-likeness (QED) is 0.733. The average molecular weight is 274 g/mol. The van der Waals surface area contributed by atoms with Gasteiger partial charge in [-0.3, -0.25) is 0 Å². The Morgan fingerprint density at radius 3 is 2.00 bits per heavy atom. The summed E-state index contributed by atoms with van der Waals surface area (Å²) in [5, 5.41) is 0. The first-order valence-electron chi connectivity index (χ1n) is 5.32. The molecule has 5 heteroatoms. The fraction of sp³-hybridized carbons (Fsp3) is 0.455. The zero-order valence-corrected chi connectivity index (χ0v) is 11.9. The molecule has 0 saturated heterocycles. The van der Waals surface area contributed by atoms with Crippen LogP contribution in [0.25, 0.3) is 0 Å². The zero-order chi connectivity index (χ0) is 11.4. The standard InChI is InChI=1S/C11H15O2PS2/c1-3-12-14(13-4-2)11-15-9-7-5-6-8-10(9)16-11/h5-8,11H,3-4H2,1-2H3. The Bertz CT molecular complexity index is 318. The monoisotopic (exact) mass is 274 g/mol. The summed E-state index contributed by atoms with van der Waals surface area (Å²) in [5.41, 5.74) is 0. The molecule has 0 atom stereocenters. The molecule has 0 radical (unpaired) electrons. The van der Waals surface area contributed by atoms with Crippen LogP contribution in [0.3, 0.4) is 0 Å². The van der Waals surface area contributed by atoms with Gasteiger partial charge in [0.2, 0.25) is 0 Å². The Kier molecular flexibility index (Phi) is 4.98. The summed E-state index contributed by atoms with van der Waals surface area (Å²) in [7, 11) is -0.782. The second kappa shape index (κ2) is 6.27. The Morgan fingerprint density at radius 1 is 1.06 bits per heavy atom. The van der Waals surface area contributed by atoms with Crippen LogP contribution in [0.4, 0.5) is 0 Å². The van der Waals surface area contributed by atoms with Gasteiger partial charge in [0.1, 0.15) is 4.32 Å². The Hall–Kier alpha value is 0.270. The molecule has 0 aromatic heterocycles. The van der Waals surface area contributed by atoms with E-state index in [1.54, 1.807) is 0 Å². The van der Waals surface area contributed by atoms with Crippen LogP contribution in [0.15, 0.2) is 34.1 Å². The molecule has 88 valence electrons. The van der Waals surface area contributed by atoms with E-state index < -0.39 is 8.38 Å². The van der Waals surface area contributed by atoms with Crippen LogP contribution in [0.1, 0.15) is 13.8 Å². The van der Waals surface area contributed by atoms with Crippen molar-refractivity contribution in [3.05, 3.63) is 24.3 Å². The van der Waals surface area contributed by atoms with Gasteiger partial charge in [0.25, 0.3) is 0 Å². The Balaban J connectivity index is 2.02. The van der Waals surface area contributed by atoms with E-state index in [0.29, 0.717) is 4.32 Å². The fourth-order valence-electron chi connectivity index (χ4n) is 1.39. The molecule has 2 rings (SSSR count). The largest absolute Gasteiger partial charge is 0.333 e. The van der Waals surface area contributed by atoms with Crippen LogP contribution < -0.4 is 0 Å². The number of hydrogen-bond acceptors (Lipinski definition) is 4. The van der Waals surface area contributed by atoms with Gasteiger partial charge in [-0.2, -0.15) is 0 Å². The maximum absolute atomic E-state index is 5.70. The van der Waals surface area contributed by atoms with Crippen LogP contribution >= 0.6 is 31.9 Å². The highest BCUT2D eigenvalue weighted by molar-refractivity contribution is 8.25. The average Bonchev–Trinajstić information content (AvgIpc) is 2.72. The Labute approximate surface area is 106 Å². The number of hydrogen-bond donors (Lipinski definition) is 0. The van der Waals surface area contributed by atoms with Gasteiger partial charge < -0.3 is 9.05 Å². The van der Waals surface area contributed by atoms with E-state index in [-0.39, 0.29) is 0 Å². The van der Waals surface area contributed by atoms with Crippen LogP contribution in [0.2, 0.25) is 0 Å². The van der Waals surface area contributed by atoms with Gasteiger partial charge in [0.15, 0.2) is 8.38 Å². The molecule has 0 fully saturated rings. The van der Waals surface area contributed by atoms with Crippen LogP contribution in [-0.2, 0) is 9.05 Å². The second-order valence-electron chi connectivity index (χ2n) is 3.11. The van der Waals surface area contributed by atoms with Crippen molar-refractivity contribution >= 4 is 31.9 Å². The topological polar surface area (TPSA) is 18.5 Å². The molecule has 0 N–H and O–H groups in total. The van der Waals surface area contributed by atoms with Crippen molar-refractivity contribution in [2.24, 2.45) is 0 Å². The predicted molar refractivity (Wildman–Crippen MR) is 72.1 cm³/mol. The molecule has 1 aromatic carbocycles. The van der Waals surface area contributed by atoms with Crippen molar-refractivity contribution in [2.75, 3.05) is 13.2 Å². The number of benzene rings is 1. The van der Waals surface area contributed by atoms with E-state index in [9.17, 15) is 0 Å². The lowest BCUT2D eigenvalue weighted by Crippen LogP contribution is -1.99. The summed E-state index contributed by atoms with van der Waals surface area (Å²) in [5.74, 6) is 0. The molecule has 1 heterocycles. The molecular weight excluding hydrogens is 259 g/mol. The summed E-state index contributed by atoms with van der Waals surface area (Å²) < 4.78 is 11.8. The van der Waals surface area contributed by atoms with Gasteiger partial charge in [0, 0.05) is 9.79 Å². The highest BCUT2D eigenvalue weighted by Crippen LogP contribution is 2.62. The van der Waals surface area contributed by atoms with Crippen molar-refractivity contribution in [1.82, 2.24) is 0 Å². The summed E-state index contributed by atoms with van der Waals surface area (Å²) >= 11 is 3.73. The van der Waals surface area contributed by atoms with Gasteiger partial charge in [0.05, 0.1) is 13.2 Å². The SMILES string of the molecule is CCOP(OCC)C1Sc2ccccc2S1. The molecule has 1 aromatic rings. The third kappa shape index (κ3) is 2.93. The molecular formula is C11H15O2PS2.